The first-order valence-corrected chi connectivity index (χ1v) is 10.7. The summed E-state index contributed by atoms with van der Waals surface area (Å²) >= 11 is 0. The topological polar surface area (TPSA) is 120 Å². The van der Waals surface area contributed by atoms with E-state index in [1.165, 1.54) is 25.4 Å². The third-order valence-corrected chi connectivity index (χ3v) is 7.36. The van der Waals surface area contributed by atoms with Crippen LogP contribution in [0.25, 0.3) is 11.4 Å². The highest BCUT2D eigenvalue weighted by Crippen LogP contribution is 2.41. The Morgan fingerprint density at radius 3 is 2.43 bits per heavy atom. The van der Waals surface area contributed by atoms with E-state index in [9.17, 15) is 21.6 Å². The van der Waals surface area contributed by atoms with Gasteiger partial charge in [-0.3, -0.25) is 4.99 Å². The lowest BCUT2D eigenvalue weighted by Gasteiger charge is -2.39. The van der Waals surface area contributed by atoms with E-state index in [0.29, 0.717) is 0 Å². The molecule has 2 aromatic heterocycles. The minimum Gasteiger partial charge on any atom is -0.445 e. The lowest BCUT2D eigenvalue weighted by molar-refractivity contribution is 0.184. The molecule has 0 saturated heterocycles. The smallest absolute Gasteiger partial charge is 0.234 e. The first kappa shape index (κ1) is 21.9. The van der Waals surface area contributed by atoms with Crippen molar-refractivity contribution in [3.63, 3.8) is 0 Å². The second-order valence-corrected chi connectivity index (χ2v) is 9.63. The van der Waals surface area contributed by atoms with E-state index in [4.69, 9.17) is 5.73 Å². The molecular weight excluding hydrogens is 423 g/mol. The molecule has 0 radical (unpaired) electrons. The number of aromatic nitrogens is 3. The van der Waals surface area contributed by atoms with Crippen molar-refractivity contribution in [3.8, 4) is 17.3 Å². The van der Waals surface area contributed by atoms with Gasteiger partial charge in [-0.2, -0.15) is 0 Å². The lowest BCUT2D eigenvalue weighted by atomic mass is 9.83. The fourth-order valence-electron chi connectivity index (χ4n) is 3.17. The molecule has 0 unspecified atom stereocenters. The van der Waals surface area contributed by atoms with Crippen LogP contribution in [0.1, 0.15) is 25.5 Å². The number of halogens is 3. The number of rotatable bonds is 6. The number of hydrogen-bond donors (Lipinski definition) is 1. The summed E-state index contributed by atoms with van der Waals surface area (Å²) in [6.45, 7) is -0.798. The second kappa shape index (κ2) is 7.82. The molecule has 12 heteroatoms. The lowest BCUT2D eigenvalue weighted by Crippen LogP contribution is -2.53. The van der Waals surface area contributed by atoms with Crippen molar-refractivity contribution in [2.45, 2.75) is 30.1 Å². The normalized spacial score (nSPS) is 24.4. The van der Waals surface area contributed by atoms with E-state index >= 15 is 0 Å². The number of ether oxygens (including phenoxy) is 1. The summed E-state index contributed by atoms with van der Waals surface area (Å²) < 4.78 is 68.4. The first-order valence-electron chi connectivity index (χ1n) is 8.86. The summed E-state index contributed by atoms with van der Waals surface area (Å²) in [6, 6.07) is 2.40. The molecule has 0 aliphatic carbocycles. The Morgan fingerprint density at radius 2 is 1.90 bits per heavy atom. The fraction of sp³-hybridized carbons (Fsp3) is 0.444. The third kappa shape index (κ3) is 3.71. The van der Waals surface area contributed by atoms with Crippen LogP contribution in [0.5, 0.6) is 5.88 Å². The van der Waals surface area contributed by atoms with Crippen molar-refractivity contribution in [2.75, 3.05) is 19.8 Å². The van der Waals surface area contributed by atoms with Crippen LogP contribution in [0.15, 0.2) is 29.5 Å². The van der Waals surface area contributed by atoms with Crippen LogP contribution in [-0.4, -0.2) is 53.7 Å². The summed E-state index contributed by atoms with van der Waals surface area (Å²) in [4.78, 5) is 16.2. The van der Waals surface area contributed by atoms with Crippen LogP contribution < -0.4 is 10.5 Å². The van der Waals surface area contributed by atoms with Gasteiger partial charge >= 0.3 is 0 Å². The highest BCUT2D eigenvalue weighted by atomic mass is 32.2. The first-order chi connectivity index (χ1) is 14.1. The molecule has 0 bridgehead atoms. The maximum Gasteiger partial charge on any atom is 0.234 e. The second-order valence-electron chi connectivity index (χ2n) is 7.19. The van der Waals surface area contributed by atoms with Gasteiger partial charge in [-0.1, -0.05) is 0 Å². The molecule has 0 fully saturated rings. The van der Waals surface area contributed by atoms with Crippen molar-refractivity contribution in [1.82, 2.24) is 15.0 Å². The largest absolute Gasteiger partial charge is 0.445 e. The number of amidine groups is 1. The molecule has 2 aromatic rings. The van der Waals surface area contributed by atoms with Gasteiger partial charge in [-0.05, 0) is 31.9 Å². The standard InChI is InChI=1S/C18H20F3N5O3S/c1-17(30(2,27)28)5-6-18(9-19,26-16(17)22)15-11(21)3-4-12(25-15)13-7-24-14(8-23-13)29-10-20/h3-4,7-8H,5-6,9-10H2,1-2H3,(H2,22,26)/t17-,18-/m1/s1. The predicted molar refractivity (Wildman–Crippen MR) is 104 cm³/mol. The molecule has 3 heterocycles. The van der Waals surface area contributed by atoms with Crippen LogP contribution in [0.3, 0.4) is 0 Å². The summed E-state index contributed by atoms with van der Waals surface area (Å²) in [6.07, 6.45) is 3.27. The van der Waals surface area contributed by atoms with Gasteiger partial charge in [0.2, 0.25) is 12.7 Å². The quantitative estimate of drug-likeness (QED) is 0.726. The number of alkyl halides is 2. The Bertz CT molecular complexity index is 1080. The maximum atomic E-state index is 14.7. The Balaban J connectivity index is 2.07. The van der Waals surface area contributed by atoms with Gasteiger partial charge in [-0.15, -0.1) is 0 Å². The number of nitrogens with two attached hydrogens (primary N) is 1. The van der Waals surface area contributed by atoms with Crippen molar-refractivity contribution < 1.29 is 26.3 Å². The SMILES string of the molecule is C[C@@]1(S(C)(=O)=O)CC[C@@](CF)(c2nc(-c3cnc(OCF)cn3)ccc2F)N=C1N. The Kier molecular flexibility index (Phi) is 5.72. The monoisotopic (exact) mass is 443 g/mol. The Hall–Kier alpha value is -2.76. The zero-order chi connectivity index (χ0) is 22.2. The van der Waals surface area contributed by atoms with Gasteiger partial charge in [0, 0.05) is 6.26 Å². The molecule has 0 amide bonds. The van der Waals surface area contributed by atoms with E-state index in [0.717, 1.165) is 12.3 Å². The van der Waals surface area contributed by atoms with Gasteiger partial charge < -0.3 is 10.5 Å². The molecule has 162 valence electrons. The van der Waals surface area contributed by atoms with E-state index in [1.54, 1.807) is 0 Å². The van der Waals surface area contributed by atoms with Crippen molar-refractivity contribution in [1.29, 1.82) is 0 Å². The zero-order valence-corrected chi connectivity index (χ0v) is 17.1. The van der Waals surface area contributed by atoms with Crippen molar-refractivity contribution in [3.05, 3.63) is 36.0 Å². The number of aliphatic imine (C=N–C) groups is 1. The fourth-order valence-corrected chi connectivity index (χ4v) is 4.07. The van der Waals surface area contributed by atoms with E-state index in [-0.39, 0.29) is 41.6 Å². The number of hydrogen-bond acceptors (Lipinski definition) is 8. The highest BCUT2D eigenvalue weighted by Gasteiger charge is 2.50. The molecule has 0 aromatic carbocycles. The van der Waals surface area contributed by atoms with Gasteiger partial charge in [-0.25, -0.2) is 36.5 Å². The molecule has 1 aliphatic heterocycles. The molecule has 1 aliphatic rings. The maximum absolute atomic E-state index is 14.7. The average molecular weight is 443 g/mol. The molecule has 30 heavy (non-hydrogen) atoms. The minimum absolute atomic E-state index is 0.0477. The molecular formula is C18H20F3N5O3S. The van der Waals surface area contributed by atoms with Crippen LogP contribution in [0.2, 0.25) is 0 Å². The molecule has 2 N–H and O–H groups in total. The van der Waals surface area contributed by atoms with Gasteiger partial charge in [0.15, 0.2) is 9.84 Å². The molecule has 3 rings (SSSR count). The van der Waals surface area contributed by atoms with Crippen molar-refractivity contribution in [2.24, 2.45) is 10.7 Å². The molecule has 2 atom stereocenters. The van der Waals surface area contributed by atoms with E-state index < -0.39 is 39.5 Å². The highest BCUT2D eigenvalue weighted by molar-refractivity contribution is 7.92. The van der Waals surface area contributed by atoms with E-state index in [2.05, 4.69) is 24.7 Å². The van der Waals surface area contributed by atoms with Crippen LogP contribution in [-0.2, 0) is 15.4 Å². The average Bonchev–Trinajstić information content (AvgIpc) is 2.71. The Morgan fingerprint density at radius 1 is 1.17 bits per heavy atom. The number of sulfone groups is 1. The number of nitrogens with zero attached hydrogens (tertiary/aromatic N) is 4. The van der Waals surface area contributed by atoms with Crippen LogP contribution in [0.4, 0.5) is 13.2 Å². The van der Waals surface area contributed by atoms with Crippen LogP contribution >= 0.6 is 0 Å². The van der Waals surface area contributed by atoms with Gasteiger partial charge in [0.05, 0.1) is 18.1 Å². The summed E-state index contributed by atoms with van der Waals surface area (Å²) in [7, 11) is -3.63. The van der Waals surface area contributed by atoms with Crippen molar-refractivity contribution >= 4 is 15.7 Å². The summed E-state index contributed by atoms with van der Waals surface area (Å²) in [5.74, 6) is -1.16. The number of pyridine rings is 1. The summed E-state index contributed by atoms with van der Waals surface area (Å²) in [5.41, 5.74) is 4.22. The van der Waals surface area contributed by atoms with Gasteiger partial charge in [0.1, 0.15) is 40.0 Å². The third-order valence-electron chi connectivity index (χ3n) is 5.31. The van der Waals surface area contributed by atoms with E-state index in [1.807, 2.05) is 0 Å². The zero-order valence-electron chi connectivity index (χ0n) is 16.3. The molecule has 0 saturated carbocycles. The Labute approximate surface area is 171 Å². The minimum atomic E-state index is -3.63. The predicted octanol–water partition coefficient (Wildman–Crippen LogP) is 2.10. The molecule has 0 spiro atoms. The molecule has 8 nitrogen and oxygen atoms in total. The van der Waals surface area contributed by atoms with Gasteiger partial charge in [0.25, 0.3) is 0 Å². The summed E-state index contributed by atoms with van der Waals surface area (Å²) in [5, 5.41) is 0. The van der Waals surface area contributed by atoms with Crippen LogP contribution in [0, 0.1) is 5.82 Å².